The van der Waals surface area contributed by atoms with Crippen molar-refractivity contribution in [3.63, 3.8) is 0 Å². The van der Waals surface area contributed by atoms with Crippen molar-refractivity contribution >= 4 is 50.8 Å². The quantitative estimate of drug-likeness (QED) is 0.0413. The van der Waals surface area contributed by atoms with Crippen LogP contribution in [0.2, 0.25) is 0 Å². The minimum absolute atomic E-state index is 0.0283. The lowest BCUT2D eigenvalue weighted by Gasteiger charge is -2.36. The second-order valence-electron chi connectivity index (χ2n) is 10.5. The molecule has 1 fully saturated rings. The number of halogens is 1. The van der Waals surface area contributed by atoms with E-state index < -0.39 is 47.8 Å². The van der Waals surface area contributed by atoms with Crippen LogP contribution in [0.5, 0.6) is 23.0 Å². The Bertz CT molecular complexity index is 1390. The van der Waals surface area contributed by atoms with Gasteiger partial charge in [0.25, 0.3) is 5.91 Å². The van der Waals surface area contributed by atoms with Crippen molar-refractivity contribution in [2.75, 3.05) is 45.7 Å². The fraction of sp³-hybridized carbons (Fsp3) is 0.444. The molecule has 1 amide bonds. The summed E-state index contributed by atoms with van der Waals surface area (Å²) in [5, 5.41) is 59.5. The van der Waals surface area contributed by atoms with Crippen LogP contribution >= 0.6 is 0 Å². The fourth-order valence-corrected chi connectivity index (χ4v) is 5.13. The summed E-state index contributed by atoms with van der Waals surface area (Å²) in [6.07, 6.45) is 0.399. The Morgan fingerprint density at radius 3 is 2.23 bits per heavy atom. The van der Waals surface area contributed by atoms with Crippen LogP contribution < -0.4 is 21.6 Å². The Labute approximate surface area is 250 Å². The van der Waals surface area contributed by atoms with Gasteiger partial charge in [-0.2, -0.15) is 0 Å². The van der Waals surface area contributed by atoms with E-state index in [0.717, 1.165) is 4.90 Å². The summed E-state index contributed by atoms with van der Waals surface area (Å²) in [4.78, 5) is 38.8. The number of hydrogen-bond acceptors (Lipinski definition) is 12. The molecule has 1 heterocycles. The number of hydrogen-bond donors (Lipinski definition) is 7. The van der Waals surface area contributed by atoms with E-state index in [0.29, 0.717) is 38.9 Å². The minimum atomic E-state index is -2.21. The van der Waals surface area contributed by atoms with Crippen LogP contribution in [-0.2, 0) is 34.0 Å². The van der Waals surface area contributed by atoms with E-state index in [2.05, 4.69) is 10.6 Å². The molecule has 16 heteroatoms. The van der Waals surface area contributed by atoms with Gasteiger partial charge in [0.2, 0.25) is 0 Å². The number of amides is 1. The lowest BCUT2D eigenvalue weighted by molar-refractivity contribution is -0.163. The SMILES string of the molecule is Bc1c(O)c(CNc2c(O)c(B)c(O)c(C=O)c2CN(C)C(O)(CCC=O)C(=O)NC)c(F)c(CN2CCOCC2)c1O. The van der Waals surface area contributed by atoms with E-state index in [1.165, 1.54) is 29.8 Å². The van der Waals surface area contributed by atoms with Crippen molar-refractivity contribution in [3.8, 4) is 23.0 Å². The number of rotatable bonds is 13. The average Bonchev–Trinajstić information content (AvgIpc) is 3.01. The van der Waals surface area contributed by atoms with Crippen molar-refractivity contribution in [2.45, 2.75) is 38.2 Å². The van der Waals surface area contributed by atoms with Crippen LogP contribution in [0.15, 0.2) is 0 Å². The minimum Gasteiger partial charge on any atom is -0.508 e. The first-order valence-corrected chi connectivity index (χ1v) is 13.7. The highest BCUT2D eigenvalue weighted by Crippen LogP contribution is 2.37. The second kappa shape index (κ2) is 14.1. The number of aldehydes is 2. The Morgan fingerprint density at radius 2 is 1.65 bits per heavy atom. The monoisotopic (exact) mass is 602 g/mol. The number of morpholine rings is 1. The molecule has 2 aromatic carbocycles. The summed E-state index contributed by atoms with van der Waals surface area (Å²) in [6, 6.07) is 0. The van der Waals surface area contributed by atoms with Crippen molar-refractivity contribution in [1.82, 2.24) is 15.1 Å². The molecule has 0 bridgehead atoms. The van der Waals surface area contributed by atoms with Crippen molar-refractivity contribution in [3.05, 3.63) is 28.1 Å². The van der Waals surface area contributed by atoms with E-state index in [1.54, 1.807) is 0 Å². The topological polar surface area (TPSA) is 192 Å². The third-order valence-electron chi connectivity index (χ3n) is 7.91. The second-order valence-corrected chi connectivity index (χ2v) is 10.5. The molecule has 0 saturated carbocycles. The molecule has 13 nitrogen and oxygen atoms in total. The number of nitrogens with one attached hydrogen (secondary N) is 2. The molecule has 7 N–H and O–H groups in total. The number of phenolic OH excluding ortho intramolecular Hbond substituents is 4. The number of ether oxygens (including phenoxy) is 1. The Kier molecular flexibility index (Phi) is 11.0. The van der Waals surface area contributed by atoms with Crippen LogP contribution in [0.1, 0.15) is 39.9 Å². The van der Waals surface area contributed by atoms with Gasteiger partial charge >= 0.3 is 0 Å². The predicted molar refractivity (Wildman–Crippen MR) is 160 cm³/mol. The third-order valence-corrected chi connectivity index (χ3v) is 7.91. The van der Waals surface area contributed by atoms with Crippen molar-refractivity contribution in [1.29, 1.82) is 0 Å². The zero-order valence-corrected chi connectivity index (χ0v) is 24.7. The third kappa shape index (κ3) is 6.72. The molecule has 1 saturated heterocycles. The molecule has 0 radical (unpaired) electrons. The highest BCUT2D eigenvalue weighted by Gasteiger charge is 2.40. The zero-order chi connectivity index (χ0) is 32.1. The van der Waals surface area contributed by atoms with Gasteiger partial charge in [-0.3, -0.25) is 19.4 Å². The molecule has 1 unspecified atom stereocenters. The smallest absolute Gasteiger partial charge is 0.267 e. The normalized spacial score (nSPS) is 15.2. The first-order valence-electron chi connectivity index (χ1n) is 13.7. The number of aliphatic hydroxyl groups is 1. The first kappa shape index (κ1) is 33.6. The molecule has 1 aliphatic heterocycles. The fourth-order valence-electron chi connectivity index (χ4n) is 5.13. The Morgan fingerprint density at radius 1 is 1.05 bits per heavy atom. The number of nitrogens with zero attached hydrogens (tertiary/aromatic N) is 2. The zero-order valence-electron chi connectivity index (χ0n) is 24.7. The molecule has 0 aliphatic carbocycles. The maximum atomic E-state index is 15.8. The van der Waals surface area contributed by atoms with Crippen LogP contribution in [0.25, 0.3) is 0 Å². The van der Waals surface area contributed by atoms with Crippen molar-refractivity contribution in [2.24, 2.45) is 0 Å². The number of likely N-dealkylation sites (N-methyl/N-ethyl adjacent to an activating group) is 2. The Hall–Kier alpha value is -3.85. The van der Waals surface area contributed by atoms with Gasteiger partial charge in [0.1, 0.15) is 50.8 Å². The van der Waals surface area contributed by atoms with Gasteiger partial charge in [0.15, 0.2) is 12.0 Å². The molecule has 2 aromatic rings. The molecule has 43 heavy (non-hydrogen) atoms. The first-order chi connectivity index (χ1) is 20.3. The number of anilines is 1. The van der Waals surface area contributed by atoms with Crippen molar-refractivity contribution < 1.29 is 49.0 Å². The van der Waals surface area contributed by atoms with Gasteiger partial charge in [-0.1, -0.05) is 0 Å². The summed E-state index contributed by atoms with van der Waals surface area (Å²) in [5.41, 5.74) is -2.92. The standard InChI is InChI=1S/C27H37B2FN4O9/c1-31-26(41)27(42,4-3-7-35)33(2)11-15-17(13-36)24(39)19(29)25(40)21(15)32-10-14-20(30)16(23(38)18(28)22(14)37)12-34-5-8-43-9-6-34/h7,13,32,37-40,42H,3-6,8-12,28-29H2,1-2H3,(H,31,41). The molecule has 0 spiro atoms. The van der Waals surface area contributed by atoms with Gasteiger partial charge < -0.3 is 45.7 Å². The molecule has 232 valence electrons. The molecule has 1 atom stereocenters. The number of phenols is 4. The lowest BCUT2D eigenvalue weighted by Crippen LogP contribution is -2.56. The van der Waals surface area contributed by atoms with E-state index >= 15 is 4.39 Å². The van der Waals surface area contributed by atoms with Gasteiger partial charge in [-0.15, -0.1) is 0 Å². The summed E-state index contributed by atoms with van der Waals surface area (Å²) in [6.45, 7) is 1.18. The summed E-state index contributed by atoms with van der Waals surface area (Å²) in [7, 11) is 5.43. The van der Waals surface area contributed by atoms with Crippen LogP contribution in [0.4, 0.5) is 10.1 Å². The highest BCUT2D eigenvalue weighted by atomic mass is 19.1. The van der Waals surface area contributed by atoms with Gasteiger partial charge in [-0.25, -0.2) is 4.39 Å². The van der Waals surface area contributed by atoms with Gasteiger partial charge in [0.05, 0.1) is 24.5 Å². The Balaban J connectivity index is 2.07. The van der Waals surface area contributed by atoms with E-state index in [9.17, 15) is 39.9 Å². The molecular weight excluding hydrogens is 565 g/mol. The largest absolute Gasteiger partial charge is 0.508 e. The van der Waals surface area contributed by atoms with E-state index in [1.807, 2.05) is 4.90 Å². The number of carbonyl (C=O) groups is 3. The molecule has 0 aromatic heterocycles. The number of carbonyl (C=O) groups excluding carboxylic acids is 3. The average molecular weight is 602 g/mol. The lowest BCUT2D eigenvalue weighted by atomic mass is 9.86. The van der Waals surface area contributed by atoms with Crippen LogP contribution in [-0.4, -0.2) is 116 Å². The maximum Gasteiger partial charge on any atom is 0.267 e. The summed E-state index contributed by atoms with van der Waals surface area (Å²) >= 11 is 0. The molecule has 1 aliphatic rings. The van der Waals surface area contributed by atoms with Gasteiger partial charge in [0, 0.05) is 69.3 Å². The number of aromatic hydroxyl groups is 4. The summed E-state index contributed by atoms with van der Waals surface area (Å²) in [5.74, 6) is -3.64. The van der Waals surface area contributed by atoms with Crippen LogP contribution in [0.3, 0.4) is 0 Å². The maximum absolute atomic E-state index is 15.8. The number of benzene rings is 2. The van der Waals surface area contributed by atoms with Crippen LogP contribution in [0, 0.1) is 5.82 Å². The molecular formula is C27H37B2FN4O9. The van der Waals surface area contributed by atoms with E-state index in [4.69, 9.17) is 4.74 Å². The van der Waals surface area contributed by atoms with Gasteiger partial charge in [-0.05, 0) is 18.0 Å². The predicted octanol–water partition coefficient (Wildman–Crippen LogP) is -2.73. The van der Waals surface area contributed by atoms with E-state index in [-0.39, 0.29) is 64.0 Å². The highest BCUT2D eigenvalue weighted by molar-refractivity contribution is 6.37. The molecule has 3 rings (SSSR count). The summed E-state index contributed by atoms with van der Waals surface area (Å²) < 4.78 is 21.2.